The molecule has 41 heavy (non-hydrogen) atoms. The second-order valence-electron chi connectivity index (χ2n) is 9.25. The Morgan fingerprint density at radius 3 is 2.41 bits per heavy atom. The molecule has 0 aliphatic carbocycles. The number of ether oxygens (including phenoxy) is 3. The summed E-state index contributed by atoms with van der Waals surface area (Å²) >= 11 is 0.873. The average molecular weight is 586 g/mol. The highest BCUT2D eigenvalue weighted by Crippen LogP contribution is 2.32. The van der Waals surface area contributed by atoms with Gasteiger partial charge in [0.05, 0.1) is 32.2 Å². The predicted molar refractivity (Wildman–Crippen MR) is 155 cm³/mol. The van der Waals surface area contributed by atoms with Gasteiger partial charge in [-0.1, -0.05) is 30.3 Å². The van der Waals surface area contributed by atoms with Crippen molar-refractivity contribution in [2.75, 3.05) is 33.9 Å². The molecule has 0 aromatic heterocycles. The zero-order valence-electron chi connectivity index (χ0n) is 23.2. The van der Waals surface area contributed by atoms with Gasteiger partial charge < -0.3 is 24.8 Å². The van der Waals surface area contributed by atoms with E-state index in [0.717, 1.165) is 28.1 Å². The standard InChI is InChI=1S/C29H35N3O8S/c1-38-26(34)13-11-20(18-27(35)39-2)30-14-6-15-31-25(33)9-5-16-40-23-12-10-19(21-7-3-4-8-22(21)23)17-24-28(36)32-29(37)41-24/h3-4,7-8,10,12,17,20,30H,5-6,9,11,13-16,18H2,1-2H3,(H,31,33)(H,32,36,37)/b24-17+. The van der Waals surface area contributed by atoms with Gasteiger partial charge in [-0.15, -0.1) is 0 Å². The molecular formula is C29H35N3O8S. The van der Waals surface area contributed by atoms with E-state index in [9.17, 15) is 24.0 Å². The fraction of sp³-hybridized carbons (Fsp3) is 0.414. The highest BCUT2D eigenvalue weighted by Gasteiger charge is 2.25. The van der Waals surface area contributed by atoms with E-state index in [4.69, 9.17) is 9.47 Å². The minimum atomic E-state index is -0.405. The molecule has 0 saturated carbocycles. The molecule has 3 rings (SSSR count). The molecule has 1 heterocycles. The van der Waals surface area contributed by atoms with E-state index in [0.29, 0.717) is 56.0 Å². The number of carbonyl (C=O) groups is 5. The number of benzene rings is 2. The Kier molecular flexibility index (Phi) is 12.6. The fourth-order valence-corrected chi connectivity index (χ4v) is 4.86. The molecule has 1 unspecified atom stereocenters. The maximum atomic E-state index is 12.3. The van der Waals surface area contributed by atoms with Gasteiger partial charge in [0.25, 0.3) is 11.1 Å². The summed E-state index contributed by atoms with van der Waals surface area (Å²) in [6.45, 7) is 1.38. The quantitative estimate of drug-likeness (QED) is 0.152. The molecule has 1 atom stereocenters. The second kappa shape index (κ2) is 16.4. The normalized spacial score (nSPS) is 14.5. The number of nitrogens with one attached hydrogen (secondary N) is 3. The van der Waals surface area contributed by atoms with Gasteiger partial charge in [-0.25, -0.2) is 0 Å². The zero-order chi connectivity index (χ0) is 29.6. The summed E-state index contributed by atoms with van der Waals surface area (Å²) in [4.78, 5) is 59.0. The number of hydrogen-bond donors (Lipinski definition) is 3. The minimum absolute atomic E-state index is 0.0841. The Balaban J connectivity index is 1.39. The SMILES string of the molecule is COC(=O)CCC(CC(=O)OC)NCCCNC(=O)CCCOc1ccc(/C=C2/SC(=O)NC2=O)c2ccccc12. The molecule has 0 spiro atoms. The lowest BCUT2D eigenvalue weighted by Crippen LogP contribution is -2.35. The van der Waals surface area contributed by atoms with Gasteiger partial charge in [-0.2, -0.15) is 0 Å². The third kappa shape index (κ3) is 10.2. The number of methoxy groups -OCH3 is 2. The lowest BCUT2D eigenvalue weighted by Gasteiger charge is -2.17. The fourth-order valence-electron chi connectivity index (χ4n) is 4.19. The summed E-state index contributed by atoms with van der Waals surface area (Å²) in [5.41, 5.74) is 0.800. The van der Waals surface area contributed by atoms with Crippen molar-refractivity contribution in [3.05, 3.63) is 46.9 Å². The number of rotatable bonds is 16. The van der Waals surface area contributed by atoms with Gasteiger partial charge in [0.15, 0.2) is 0 Å². The van der Waals surface area contributed by atoms with E-state index in [1.54, 1.807) is 6.08 Å². The topological polar surface area (TPSA) is 149 Å². The van der Waals surface area contributed by atoms with Crippen LogP contribution < -0.4 is 20.7 Å². The highest BCUT2D eigenvalue weighted by atomic mass is 32.2. The summed E-state index contributed by atoms with van der Waals surface area (Å²) in [7, 11) is 2.64. The Hall–Kier alpha value is -3.90. The third-order valence-electron chi connectivity index (χ3n) is 6.33. The van der Waals surface area contributed by atoms with Crippen LogP contribution in [-0.4, -0.2) is 69.0 Å². The first-order chi connectivity index (χ1) is 19.8. The summed E-state index contributed by atoms with van der Waals surface area (Å²) < 4.78 is 15.3. The number of amides is 3. The van der Waals surface area contributed by atoms with Crippen molar-refractivity contribution in [3.8, 4) is 5.75 Å². The van der Waals surface area contributed by atoms with Gasteiger partial charge >= 0.3 is 11.9 Å². The first kappa shape index (κ1) is 31.6. The second-order valence-corrected chi connectivity index (χ2v) is 10.3. The Morgan fingerprint density at radius 1 is 0.951 bits per heavy atom. The van der Waals surface area contributed by atoms with E-state index < -0.39 is 5.91 Å². The maximum Gasteiger partial charge on any atom is 0.307 e. The molecule has 1 aliphatic heterocycles. The van der Waals surface area contributed by atoms with Gasteiger partial charge in [-0.05, 0) is 60.7 Å². The molecule has 11 nitrogen and oxygen atoms in total. The number of thioether (sulfide) groups is 1. The average Bonchev–Trinajstić information content (AvgIpc) is 3.29. The van der Waals surface area contributed by atoms with E-state index in [2.05, 4.69) is 20.7 Å². The van der Waals surface area contributed by atoms with E-state index in [1.807, 2.05) is 36.4 Å². The Bertz CT molecular complexity index is 1300. The lowest BCUT2D eigenvalue weighted by atomic mass is 10.0. The summed E-state index contributed by atoms with van der Waals surface area (Å²) in [5.74, 6) is -0.522. The van der Waals surface area contributed by atoms with Gasteiger partial charge in [0.1, 0.15) is 5.75 Å². The minimum Gasteiger partial charge on any atom is -0.493 e. The summed E-state index contributed by atoms with van der Waals surface area (Å²) in [6.07, 6.45) is 3.97. The lowest BCUT2D eigenvalue weighted by molar-refractivity contribution is -0.143. The van der Waals surface area contributed by atoms with Crippen LogP contribution in [0.5, 0.6) is 5.75 Å². The molecule has 0 bridgehead atoms. The molecule has 0 radical (unpaired) electrons. The number of esters is 2. The highest BCUT2D eigenvalue weighted by molar-refractivity contribution is 8.18. The van der Waals surface area contributed by atoms with Crippen LogP contribution in [0.15, 0.2) is 41.3 Å². The first-order valence-corrected chi connectivity index (χ1v) is 14.2. The summed E-state index contributed by atoms with van der Waals surface area (Å²) in [6, 6.07) is 11.1. The van der Waals surface area contributed by atoms with Gasteiger partial charge in [0, 0.05) is 30.8 Å². The third-order valence-corrected chi connectivity index (χ3v) is 7.14. The zero-order valence-corrected chi connectivity index (χ0v) is 24.0. The molecule has 3 N–H and O–H groups in total. The van der Waals surface area contributed by atoms with Crippen molar-refractivity contribution >= 4 is 57.6 Å². The molecular weight excluding hydrogens is 550 g/mol. The summed E-state index contributed by atoms with van der Waals surface area (Å²) in [5, 5.41) is 9.73. The van der Waals surface area contributed by atoms with Crippen LogP contribution in [0, 0.1) is 0 Å². The van der Waals surface area contributed by atoms with Crippen molar-refractivity contribution in [1.29, 1.82) is 0 Å². The van der Waals surface area contributed by atoms with E-state index >= 15 is 0 Å². The Morgan fingerprint density at radius 2 is 1.71 bits per heavy atom. The molecule has 1 saturated heterocycles. The monoisotopic (exact) mass is 585 g/mol. The smallest absolute Gasteiger partial charge is 0.307 e. The van der Waals surface area contributed by atoms with E-state index in [-0.39, 0.29) is 42.0 Å². The van der Waals surface area contributed by atoms with Crippen LogP contribution in [-0.2, 0) is 28.7 Å². The van der Waals surface area contributed by atoms with E-state index in [1.165, 1.54) is 14.2 Å². The maximum absolute atomic E-state index is 12.3. The molecule has 1 aliphatic rings. The van der Waals surface area contributed by atoms with Crippen LogP contribution in [0.3, 0.4) is 0 Å². The van der Waals surface area contributed by atoms with Crippen LogP contribution in [0.1, 0.15) is 44.1 Å². The molecule has 12 heteroatoms. The van der Waals surface area contributed by atoms with Crippen molar-refractivity contribution < 1.29 is 38.2 Å². The Labute approximate surface area is 242 Å². The largest absolute Gasteiger partial charge is 0.493 e. The van der Waals surface area contributed by atoms with Crippen molar-refractivity contribution in [1.82, 2.24) is 16.0 Å². The number of imide groups is 1. The van der Waals surface area contributed by atoms with Crippen molar-refractivity contribution in [2.45, 2.75) is 44.6 Å². The molecule has 220 valence electrons. The molecule has 3 amide bonds. The van der Waals surface area contributed by atoms with Crippen molar-refractivity contribution in [3.63, 3.8) is 0 Å². The number of carbonyl (C=O) groups excluding carboxylic acids is 5. The van der Waals surface area contributed by atoms with Gasteiger partial charge in [-0.3, -0.25) is 29.3 Å². The first-order valence-electron chi connectivity index (χ1n) is 13.3. The van der Waals surface area contributed by atoms with Crippen molar-refractivity contribution in [2.24, 2.45) is 0 Å². The van der Waals surface area contributed by atoms with Crippen LogP contribution in [0.4, 0.5) is 4.79 Å². The van der Waals surface area contributed by atoms with Crippen LogP contribution in [0.2, 0.25) is 0 Å². The molecule has 2 aromatic rings. The predicted octanol–water partition coefficient (Wildman–Crippen LogP) is 3.30. The number of fused-ring (bicyclic) bond motifs is 1. The molecule has 2 aromatic carbocycles. The molecule has 1 fully saturated rings. The van der Waals surface area contributed by atoms with Crippen LogP contribution >= 0.6 is 11.8 Å². The van der Waals surface area contributed by atoms with Gasteiger partial charge in [0.2, 0.25) is 5.91 Å². The van der Waals surface area contributed by atoms with Crippen LogP contribution in [0.25, 0.3) is 16.8 Å². The number of hydrogen-bond acceptors (Lipinski definition) is 10.